The highest BCUT2D eigenvalue weighted by molar-refractivity contribution is 6.32. The number of ether oxygens (including phenoxy) is 2. The summed E-state index contributed by atoms with van der Waals surface area (Å²) < 4.78 is 10.6. The van der Waals surface area contributed by atoms with Crippen LogP contribution in [0, 0.1) is 0 Å². The molecule has 1 aliphatic carbocycles. The van der Waals surface area contributed by atoms with E-state index >= 15 is 0 Å². The molecule has 0 amide bonds. The third-order valence-corrected chi connectivity index (χ3v) is 3.60. The van der Waals surface area contributed by atoms with Crippen LogP contribution in [0.3, 0.4) is 0 Å². The Labute approximate surface area is 111 Å². The first-order valence-electron chi connectivity index (χ1n) is 6.29. The zero-order chi connectivity index (χ0) is 12.4. The minimum Gasteiger partial charge on any atom is -0.454 e. The molecule has 0 saturated heterocycles. The fourth-order valence-corrected chi connectivity index (χ4v) is 2.66. The van der Waals surface area contributed by atoms with Gasteiger partial charge >= 0.3 is 0 Å². The van der Waals surface area contributed by atoms with Crippen LogP contribution in [0.4, 0.5) is 0 Å². The minimum absolute atomic E-state index is 0.241. The molecule has 1 saturated carbocycles. The maximum Gasteiger partial charge on any atom is 0.231 e. The van der Waals surface area contributed by atoms with Crippen molar-refractivity contribution in [3.63, 3.8) is 0 Å². The molecule has 4 nitrogen and oxygen atoms in total. The summed E-state index contributed by atoms with van der Waals surface area (Å²) in [5.41, 5.74) is 4.04. The number of benzene rings is 1. The first-order chi connectivity index (χ1) is 8.83. The molecule has 98 valence electrons. The highest BCUT2D eigenvalue weighted by Crippen LogP contribution is 2.39. The molecule has 0 radical (unpaired) electrons. The Morgan fingerprint density at radius 2 is 2.11 bits per heavy atom. The Kier molecular flexibility index (Phi) is 3.59. The van der Waals surface area contributed by atoms with Gasteiger partial charge in [-0.15, -0.1) is 0 Å². The second-order valence-corrected chi connectivity index (χ2v) is 5.06. The Morgan fingerprint density at radius 1 is 1.28 bits per heavy atom. The molecule has 2 aliphatic rings. The average molecular weight is 270 g/mol. The Bertz CT molecular complexity index is 432. The normalized spacial score (nSPS) is 18.5. The number of hydrogen-bond donors (Lipinski definition) is 1. The average Bonchev–Trinajstić information content (AvgIpc) is 2.99. The zero-order valence-electron chi connectivity index (χ0n) is 10.1. The monoisotopic (exact) mass is 269 g/mol. The minimum atomic E-state index is 0.241. The van der Waals surface area contributed by atoms with E-state index in [-0.39, 0.29) is 6.79 Å². The smallest absolute Gasteiger partial charge is 0.231 e. The molecular weight excluding hydrogens is 254 g/mol. The Balaban J connectivity index is 1.57. The lowest BCUT2D eigenvalue weighted by Gasteiger charge is -2.12. The molecule has 0 unspecified atom stereocenters. The molecule has 0 atom stereocenters. The summed E-state index contributed by atoms with van der Waals surface area (Å²) in [6.07, 6.45) is 5.18. The lowest BCUT2D eigenvalue weighted by atomic mass is 10.2. The SMILES string of the molecule is Clc1cc(CNOC2CCCC2)cc2c1OCO2. The van der Waals surface area contributed by atoms with Crippen molar-refractivity contribution < 1.29 is 14.3 Å². The van der Waals surface area contributed by atoms with Gasteiger partial charge in [0.05, 0.1) is 11.1 Å². The Hall–Kier alpha value is -0.970. The number of hydrogen-bond acceptors (Lipinski definition) is 4. The first kappa shape index (κ1) is 12.1. The van der Waals surface area contributed by atoms with Gasteiger partial charge in [0.25, 0.3) is 0 Å². The van der Waals surface area contributed by atoms with E-state index in [0.29, 0.717) is 29.2 Å². The summed E-state index contributed by atoms with van der Waals surface area (Å²) in [5, 5.41) is 0.586. The maximum absolute atomic E-state index is 6.11. The maximum atomic E-state index is 6.11. The van der Waals surface area contributed by atoms with E-state index in [4.69, 9.17) is 25.9 Å². The van der Waals surface area contributed by atoms with Crippen LogP contribution in [-0.2, 0) is 11.4 Å². The zero-order valence-corrected chi connectivity index (χ0v) is 10.8. The van der Waals surface area contributed by atoms with Crippen molar-refractivity contribution in [3.8, 4) is 11.5 Å². The van der Waals surface area contributed by atoms with Crippen LogP contribution >= 0.6 is 11.6 Å². The van der Waals surface area contributed by atoms with Gasteiger partial charge in [0.15, 0.2) is 11.5 Å². The van der Waals surface area contributed by atoms with Crippen molar-refractivity contribution in [2.45, 2.75) is 38.3 Å². The quantitative estimate of drug-likeness (QED) is 0.853. The van der Waals surface area contributed by atoms with E-state index in [1.807, 2.05) is 12.1 Å². The molecule has 18 heavy (non-hydrogen) atoms. The predicted octanol–water partition coefficient (Wildman–Crippen LogP) is 3.03. The van der Waals surface area contributed by atoms with Crippen LogP contribution in [0.5, 0.6) is 11.5 Å². The lowest BCUT2D eigenvalue weighted by molar-refractivity contribution is -0.0244. The summed E-state index contributed by atoms with van der Waals surface area (Å²) in [6, 6.07) is 3.80. The van der Waals surface area contributed by atoms with Crippen LogP contribution in [0.15, 0.2) is 12.1 Å². The van der Waals surface area contributed by atoms with Gasteiger partial charge in [0.1, 0.15) is 0 Å². The number of nitrogens with one attached hydrogen (secondary N) is 1. The van der Waals surface area contributed by atoms with E-state index in [9.17, 15) is 0 Å². The van der Waals surface area contributed by atoms with Crippen LogP contribution in [0.1, 0.15) is 31.2 Å². The largest absolute Gasteiger partial charge is 0.454 e. The van der Waals surface area contributed by atoms with Gasteiger partial charge in [-0.2, -0.15) is 5.48 Å². The van der Waals surface area contributed by atoms with E-state index in [2.05, 4.69) is 5.48 Å². The van der Waals surface area contributed by atoms with Gasteiger partial charge in [-0.05, 0) is 30.5 Å². The molecule has 1 heterocycles. The van der Waals surface area contributed by atoms with Gasteiger partial charge in [0.2, 0.25) is 6.79 Å². The molecular formula is C13H16ClNO3. The van der Waals surface area contributed by atoms with Crippen molar-refractivity contribution in [1.29, 1.82) is 0 Å². The predicted molar refractivity (Wildman–Crippen MR) is 67.8 cm³/mol. The number of hydroxylamine groups is 1. The molecule has 1 aromatic rings. The van der Waals surface area contributed by atoms with Crippen LogP contribution in [0.25, 0.3) is 0 Å². The molecule has 3 rings (SSSR count). The topological polar surface area (TPSA) is 39.7 Å². The van der Waals surface area contributed by atoms with Crippen molar-refractivity contribution in [1.82, 2.24) is 5.48 Å². The lowest BCUT2D eigenvalue weighted by Crippen LogP contribution is -2.21. The highest BCUT2D eigenvalue weighted by Gasteiger charge is 2.19. The van der Waals surface area contributed by atoms with E-state index in [1.165, 1.54) is 12.8 Å². The molecule has 0 aromatic heterocycles. The van der Waals surface area contributed by atoms with E-state index in [0.717, 1.165) is 18.4 Å². The number of rotatable bonds is 4. The van der Waals surface area contributed by atoms with Crippen LogP contribution in [0.2, 0.25) is 5.02 Å². The molecule has 1 N–H and O–H groups in total. The van der Waals surface area contributed by atoms with Gasteiger partial charge in [-0.25, -0.2) is 0 Å². The van der Waals surface area contributed by atoms with E-state index in [1.54, 1.807) is 0 Å². The molecule has 1 fully saturated rings. The van der Waals surface area contributed by atoms with Crippen molar-refractivity contribution in [2.75, 3.05) is 6.79 Å². The summed E-state index contributed by atoms with van der Waals surface area (Å²) in [5.74, 6) is 1.34. The van der Waals surface area contributed by atoms with Gasteiger partial charge in [-0.1, -0.05) is 24.4 Å². The van der Waals surface area contributed by atoms with E-state index < -0.39 is 0 Å². The molecule has 5 heteroatoms. The fraction of sp³-hybridized carbons (Fsp3) is 0.538. The third kappa shape index (κ3) is 2.55. The number of fused-ring (bicyclic) bond motifs is 1. The third-order valence-electron chi connectivity index (χ3n) is 3.32. The van der Waals surface area contributed by atoms with Crippen molar-refractivity contribution >= 4 is 11.6 Å². The van der Waals surface area contributed by atoms with Crippen LogP contribution < -0.4 is 15.0 Å². The Morgan fingerprint density at radius 3 is 2.94 bits per heavy atom. The summed E-state index contributed by atoms with van der Waals surface area (Å²) in [4.78, 5) is 5.60. The van der Waals surface area contributed by atoms with Gasteiger partial charge < -0.3 is 9.47 Å². The standard InChI is InChI=1S/C13H16ClNO3/c14-11-5-9(6-12-13(11)17-8-16-12)7-15-18-10-3-1-2-4-10/h5-6,10,15H,1-4,7-8H2. The van der Waals surface area contributed by atoms with Crippen molar-refractivity contribution in [3.05, 3.63) is 22.7 Å². The first-order valence-corrected chi connectivity index (χ1v) is 6.67. The number of halogens is 1. The van der Waals surface area contributed by atoms with Crippen molar-refractivity contribution in [2.24, 2.45) is 0 Å². The molecule has 0 bridgehead atoms. The summed E-state index contributed by atoms with van der Waals surface area (Å²) in [7, 11) is 0. The fourth-order valence-electron chi connectivity index (χ4n) is 2.37. The van der Waals surface area contributed by atoms with Crippen LogP contribution in [-0.4, -0.2) is 12.9 Å². The molecule has 1 aliphatic heterocycles. The molecule has 1 aromatic carbocycles. The second-order valence-electron chi connectivity index (χ2n) is 4.66. The second kappa shape index (κ2) is 5.34. The highest BCUT2D eigenvalue weighted by atomic mass is 35.5. The van der Waals surface area contributed by atoms with Gasteiger partial charge in [-0.3, -0.25) is 4.84 Å². The van der Waals surface area contributed by atoms with Gasteiger partial charge in [0, 0.05) is 6.54 Å². The summed E-state index contributed by atoms with van der Waals surface area (Å²) in [6.45, 7) is 0.859. The summed E-state index contributed by atoms with van der Waals surface area (Å²) >= 11 is 6.11. The molecule has 0 spiro atoms.